The molecule has 0 aromatic carbocycles. The van der Waals surface area contributed by atoms with E-state index in [0.29, 0.717) is 32.5 Å². The van der Waals surface area contributed by atoms with Crippen LogP contribution in [0.5, 0.6) is 0 Å². The summed E-state index contributed by atoms with van der Waals surface area (Å²) >= 11 is 0. The molecular weight excluding hydrogens is 302 g/mol. The number of carbonyl (C=O) groups excluding carboxylic acids is 4. The highest BCUT2D eigenvalue weighted by Crippen LogP contribution is 2.43. The second-order valence-electron chi connectivity index (χ2n) is 6.22. The van der Waals surface area contributed by atoms with Crippen molar-refractivity contribution in [3.05, 3.63) is 0 Å². The number of hydrogen-bond donors (Lipinski definition) is 3. The van der Waals surface area contributed by atoms with Crippen molar-refractivity contribution in [1.82, 2.24) is 9.80 Å². The highest BCUT2D eigenvalue weighted by molar-refractivity contribution is 5.94. The second-order valence-corrected chi connectivity index (χ2v) is 6.22. The molecule has 6 N–H and O–H groups in total. The van der Waals surface area contributed by atoms with Crippen molar-refractivity contribution in [3.63, 3.8) is 0 Å². The summed E-state index contributed by atoms with van der Waals surface area (Å²) in [4.78, 5) is 49.6. The van der Waals surface area contributed by atoms with E-state index in [1.807, 2.05) is 0 Å². The maximum absolute atomic E-state index is 12.5. The predicted molar refractivity (Wildman–Crippen MR) is 80.4 cm³/mol. The molecule has 2 aliphatic rings. The maximum atomic E-state index is 12.5. The van der Waals surface area contributed by atoms with Gasteiger partial charge in [-0.05, 0) is 19.3 Å². The molecule has 0 aromatic rings. The molecule has 9 heteroatoms. The molecule has 1 atom stereocenters. The zero-order chi connectivity index (χ0) is 17.2. The monoisotopic (exact) mass is 325 g/mol. The number of likely N-dealkylation sites (tertiary alicyclic amines) is 2. The van der Waals surface area contributed by atoms with E-state index in [1.165, 1.54) is 4.90 Å². The average Bonchev–Trinajstić information content (AvgIpc) is 2.53. The minimum absolute atomic E-state index is 0.00314. The largest absolute Gasteiger partial charge is 0.370 e. The molecule has 2 aliphatic heterocycles. The SMILES string of the molecule is NCC(=O)N1CCC2(CC1)CN([C@@H](CCC(N)=O)C(N)=O)C2=O. The van der Waals surface area contributed by atoms with Crippen LogP contribution in [0.25, 0.3) is 0 Å². The molecule has 4 amide bonds. The third kappa shape index (κ3) is 3.29. The van der Waals surface area contributed by atoms with Gasteiger partial charge in [-0.1, -0.05) is 0 Å². The van der Waals surface area contributed by atoms with Gasteiger partial charge in [0.05, 0.1) is 12.0 Å². The Bertz CT molecular complexity index is 527. The number of hydrogen-bond acceptors (Lipinski definition) is 5. The quantitative estimate of drug-likeness (QED) is 0.461. The van der Waals surface area contributed by atoms with Gasteiger partial charge < -0.3 is 27.0 Å². The fourth-order valence-electron chi connectivity index (χ4n) is 3.35. The van der Waals surface area contributed by atoms with E-state index in [1.54, 1.807) is 4.90 Å². The lowest BCUT2D eigenvalue weighted by atomic mass is 9.70. The Morgan fingerprint density at radius 1 is 1.17 bits per heavy atom. The number of primary amides is 2. The molecule has 9 nitrogen and oxygen atoms in total. The molecule has 0 saturated carbocycles. The van der Waals surface area contributed by atoms with Crippen LogP contribution in [0.1, 0.15) is 25.7 Å². The number of amides is 4. The summed E-state index contributed by atoms with van der Waals surface area (Å²) in [6.07, 6.45) is 1.25. The van der Waals surface area contributed by atoms with Crippen LogP contribution < -0.4 is 17.2 Å². The first-order chi connectivity index (χ1) is 10.8. The van der Waals surface area contributed by atoms with Gasteiger partial charge in [0.1, 0.15) is 6.04 Å². The van der Waals surface area contributed by atoms with Crippen molar-refractivity contribution >= 4 is 23.6 Å². The number of piperidine rings is 1. The van der Waals surface area contributed by atoms with Gasteiger partial charge in [-0.2, -0.15) is 0 Å². The molecule has 0 aromatic heterocycles. The van der Waals surface area contributed by atoms with E-state index in [0.717, 1.165) is 0 Å². The first kappa shape index (κ1) is 17.2. The van der Waals surface area contributed by atoms with Crippen LogP contribution in [0, 0.1) is 5.41 Å². The van der Waals surface area contributed by atoms with Crippen LogP contribution in [-0.4, -0.2) is 65.6 Å². The maximum Gasteiger partial charge on any atom is 0.240 e. The van der Waals surface area contributed by atoms with Crippen LogP contribution in [0.2, 0.25) is 0 Å². The number of β-lactam (4-membered cyclic amide) rings is 1. The Morgan fingerprint density at radius 3 is 2.22 bits per heavy atom. The molecule has 1 spiro atoms. The molecule has 23 heavy (non-hydrogen) atoms. The van der Waals surface area contributed by atoms with Crippen molar-refractivity contribution in [2.24, 2.45) is 22.6 Å². The van der Waals surface area contributed by atoms with Crippen molar-refractivity contribution in [1.29, 1.82) is 0 Å². The van der Waals surface area contributed by atoms with E-state index in [4.69, 9.17) is 17.2 Å². The summed E-state index contributed by atoms with van der Waals surface area (Å²) in [5, 5.41) is 0. The van der Waals surface area contributed by atoms with Gasteiger partial charge in [-0.3, -0.25) is 19.2 Å². The smallest absolute Gasteiger partial charge is 0.240 e. The molecule has 0 aliphatic carbocycles. The van der Waals surface area contributed by atoms with Gasteiger partial charge in [-0.25, -0.2) is 0 Å². The van der Waals surface area contributed by atoms with E-state index in [-0.39, 0.29) is 31.2 Å². The second kappa shape index (κ2) is 6.53. The normalized spacial score (nSPS) is 21.0. The first-order valence-corrected chi connectivity index (χ1v) is 7.67. The zero-order valence-electron chi connectivity index (χ0n) is 13.0. The number of rotatable bonds is 6. The Kier molecular flexibility index (Phi) is 4.88. The standard InChI is InChI=1S/C14H23N5O4/c15-7-11(21)18-5-3-14(4-6-18)8-19(13(14)23)9(12(17)22)1-2-10(16)20/h9H,1-8,15H2,(H2,16,20)(H2,17,22)/t9-/m0/s1. The highest BCUT2D eigenvalue weighted by atomic mass is 16.2. The van der Waals surface area contributed by atoms with Crippen molar-refractivity contribution in [3.8, 4) is 0 Å². The predicted octanol–water partition coefficient (Wildman–Crippen LogP) is -2.48. The summed E-state index contributed by atoms with van der Waals surface area (Å²) in [7, 11) is 0. The molecule has 0 unspecified atom stereocenters. The summed E-state index contributed by atoms with van der Waals surface area (Å²) in [6.45, 7) is 1.35. The van der Waals surface area contributed by atoms with Gasteiger partial charge in [-0.15, -0.1) is 0 Å². The van der Waals surface area contributed by atoms with Gasteiger partial charge in [0.2, 0.25) is 23.6 Å². The molecule has 2 rings (SSSR count). The fraction of sp³-hybridized carbons (Fsp3) is 0.714. The van der Waals surface area contributed by atoms with E-state index in [9.17, 15) is 19.2 Å². The highest BCUT2D eigenvalue weighted by Gasteiger charge is 2.55. The number of nitrogens with two attached hydrogens (primary N) is 3. The Hall–Kier alpha value is -2.16. The summed E-state index contributed by atoms with van der Waals surface area (Å²) in [5.74, 6) is -1.43. The summed E-state index contributed by atoms with van der Waals surface area (Å²) in [5.41, 5.74) is 15.2. The number of carbonyl (C=O) groups is 4. The van der Waals surface area contributed by atoms with E-state index in [2.05, 4.69) is 0 Å². The topological polar surface area (TPSA) is 153 Å². The fourth-order valence-corrected chi connectivity index (χ4v) is 3.35. The van der Waals surface area contributed by atoms with Crippen molar-refractivity contribution in [2.75, 3.05) is 26.2 Å². The van der Waals surface area contributed by atoms with Crippen LogP contribution in [0.4, 0.5) is 0 Å². The van der Waals surface area contributed by atoms with Crippen LogP contribution in [0.15, 0.2) is 0 Å². The van der Waals surface area contributed by atoms with Crippen LogP contribution in [-0.2, 0) is 19.2 Å². The minimum atomic E-state index is -0.802. The molecule has 2 saturated heterocycles. The Balaban J connectivity index is 1.95. The molecule has 128 valence electrons. The lowest BCUT2D eigenvalue weighted by molar-refractivity contribution is -0.173. The summed E-state index contributed by atoms with van der Waals surface area (Å²) < 4.78 is 0. The van der Waals surface area contributed by atoms with Crippen LogP contribution >= 0.6 is 0 Å². The summed E-state index contributed by atoms with van der Waals surface area (Å²) in [6, 6.07) is -0.802. The van der Waals surface area contributed by atoms with Crippen molar-refractivity contribution in [2.45, 2.75) is 31.7 Å². The lowest BCUT2D eigenvalue weighted by Gasteiger charge is -2.54. The first-order valence-electron chi connectivity index (χ1n) is 7.67. The van der Waals surface area contributed by atoms with Crippen molar-refractivity contribution < 1.29 is 19.2 Å². The van der Waals surface area contributed by atoms with Gasteiger partial charge in [0.15, 0.2) is 0 Å². The number of nitrogens with zero attached hydrogens (tertiary/aromatic N) is 2. The van der Waals surface area contributed by atoms with Gasteiger partial charge in [0.25, 0.3) is 0 Å². The van der Waals surface area contributed by atoms with E-state index >= 15 is 0 Å². The van der Waals surface area contributed by atoms with Gasteiger partial charge in [0, 0.05) is 26.1 Å². The Labute approximate surface area is 134 Å². The third-order valence-corrected chi connectivity index (χ3v) is 4.80. The molecule has 2 heterocycles. The minimum Gasteiger partial charge on any atom is -0.370 e. The Morgan fingerprint density at radius 2 is 1.78 bits per heavy atom. The van der Waals surface area contributed by atoms with Crippen LogP contribution in [0.3, 0.4) is 0 Å². The average molecular weight is 325 g/mol. The lowest BCUT2D eigenvalue weighted by Crippen LogP contribution is -2.69. The van der Waals surface area contributed by atoms with E-state index < -0.39 is 23.3 Å². The molecular formula is C14H23N5O4. The zero-order valence-corrected chi connectivity index (χ0v) is 13.0. The third-order valence-electron chi connectivity index (χ3n) is 4.80. The molecule has 2 fully saturated rings. The van der Waals surface area contributed by atoms with Gasteiger partial charge >= 0.3 is 0 Å². The molecule has 0 bridgehead atoms. The molecule has 0 radical (unpaired) electrons.